The number of para-hydroxylation sites is 2. The zero-order valence-electron chi connectivity index (χ0n) is 11.7. The van der Waals surface area contributed by atoms with E-state index in [0.29, 0.717) is 23.2 Å². The van der Waals surface area contributed by atoms with Gasteiger partial charge in [-0.15, -0.1) is 10.2 Å². The van der Waals surface area contributed by atoms with E-state index in [-0.39, 0.29) is 5.91 Å². The van der Waals surface area contributed by atoms with E-state index in [2.05, 4.69) is 15.5 Å². The molecular weight excluding hydrogens is 288 g/mol. The first-order chi connectivity index (χ1) is 10.3. The summed E-state index contributed by atoms with van der Waals surface area (Å²) in [6.07, 6.45) is 4.07. The van der Waals surface area contributed by atoms with Gasteiger partial charge in [0.1, 0.15) is 12.1 Å². The van der Waals surface area contributed by atoms with E-state index >= 15 is 0 Å². The summed E-state index contributed by atoms with van der Waals surface area (Å²) >= 11 is 1.40. The molecule has 1 fully saturated rings. The van der Waals surface area contributed by atoms with Crippen molar-refractivity contribution in [3.8, 4) is 5.75 Å². The Kier molecular flexibility index (Phi) is 4.10. The number of anilines is 1. The molecule has 1 aliphatic carbocycles. The quantitative estimate of drug-likeness (QED) is 0.830. The van der Waals surface area contributed by atoms with Crippen LogP contribution in [0, 0.1) is 0 Å². The van der Waals surface area contributed by atoms with Gasteiger partial charge >= 0.3 is 0 Å². The molecule has 3 rings (SSSR count). The van der Waals surface area contributed by atoms with Gasteiger partial charge in [-0.3, -0.25) is 4.79 Å². The zero-order chi connectivity index (χ0) is 14.7. The molecular formula is C14H16N4O2S. The van der Waals surface area contributed by atoms with Crippen LogP contribution in [0.15, 0.2) is 35.7 Å². The summed E-state index contributed by atoms with van der Waals surface area (Å²) < 4.78 is 7.25. The monoisotopic (exact) mass is 304 g/mol. The smallest absolute Gasteiger partial charge is 0.234 e. The second kappa shape index (κ2) is 6.17. The Bertz CT molecular complexity index is 639. The number of hydrogen-bond donors (Lipinski definition) is 1. The van der Waals surface area contributed by atoms with E-state index in [9.17, 15) is 4.79 Å². The molecule has 1 aromatic carbocycles. The Labute approximate surface area is 126 Å². The number of benzene rings is 1. The van der Waals surface area contributed by atoms with Crippen molar-refractivity contribution in [1.29, 1.82) is 0 Å². The van der Waals surface area contributed by atoms with Crippen molar-refractivity contribution in [2.24, 2.45) is 0 Å². The van der Waals surface area contributed by atoms with Crippen molar-refractivity contribution in [2.45, 2.75) is 24.0 Å². The van der Waals surface area contributed by atoms with Gasteiger partial charge in [0, 0.05) is 6.04 Å². The molecule has 0 saturated heterocycles. The number of amides is 1. The van der Waals surface area contributed by atoms with Crippen LogP contribution in [0.4, 0.5) is 5.69 Å². The molecule has 1 aliphatic rings. The van der Waals surface area contributed by atoms with Crippen molar-refractivity contribution in [3.05, 3.63) is 30.6 Å². The molecule has 0 aliphatic heterocycles. The lowest BCUT2D eigenvalue weighted by atomic mass is 10.3. The summed E-state index contributed by atoms with van der Waals surface area (Å²) in [5.74, 6) is 0.857. The highest BCUT2D eigenvalue weighted by Gasteiger charge is 2.26. The molecule has 1 N–H and O–H groups in total. The Morgan fingerprint density at radius 3 is 3.05 bits per heavy atom. The fourth-order valence-electron chi connectivity index (χ4n) is 2.00. The predicted molar refractivity (Wildman–Crippen MR) is 80.6 cm³/mol. The molecule has 0 bridgehead atoms. The molecule has 1 heterocycles. The van der Waals surface area contributed by atoms with Gasteiger partial charge in [-0.2, -0.15) is 0 Å². The van der Waals surface area contributed by atoms with Crippen LogP contribution >= 0.6 is 11.8 Å². The Balaban J connectivity index is 1.58. The molecule has 7 heteroatoms. The maximum Gasteiger partial charge on any atom is 0.234 e. The van der Waals surface area contributed by atoms with Gasteiger partial charge < -0.3 is 14.6 Å². The molecule has 6 nitrogen and oxygen atoms in total. The van der Waals surface area contributed by atoms with Gasteiger partial charge in [-0.25, -0.2) is 0 Å². The van der Waals surface area contributed by atoms with E-state index in [1.165, 1.54) is 24.6 Å². The highest BCUT2D eigenvalue weighted by atomic mass is 32.2. The number of hydrogen-bond acceptors (Lipinski definition) is 5. The number of carbonyl (C=O) groups excluding carboxylic acids is 1. The molecule has 1 amide bonds. The minimum atomic E-state index is -0.0881. The summed E-state index contributed by atoms with van der Waals surface area (Å²) in [6.45, 7) is 0. The normalized spacial score (nSPS) is 14.0. The van der Waals surface area contributed by atoms with Crippen LogP contribution in [0.25, 0.3) is 0 Å². The Hall–Kier alpha value is -2.02. The van der Waals surface area contributed by atoms with Crippen LogP contribution in [0.3, 0.4) is 0 Å². The predicted octanol–water partition coefficient (Wildman–Crippen LogP) is 2.35. The van der Waals surface area contributed by atoms with E-state index in [4.69, 9.17) is 4.74 Å². The lowest BCUT2D eigenvalue weighted by Gasteiger charge is -2.09. The van der Waals surface area contributed by atoms with Crippen molar-refractivity contribution < 1.29 is 9.53 Å². The van der Waals surface area contributed by atoms with E-state index < -0.39 is 0 Å². The first-order valence-electron chi connectivity index (χ1n) is 6.73. The van der Waals surface area contributed by atoms with Gasteiger partial charge in [0.25, 0.3) is 0 Å². The topological polar surface area (TPSA) is 69.0 Å². The first kappa shape index (κ1) is 13.9. The fraction of sp³-hybridized carbons (Fsp3) is 0.357. The summed E-state index contributed by atoms with van der Waals surface area (Å²) in [5.41, 5.74) is 0.675. The molecule has 21 heavy (non-hydrogen) atoms. The molecule has 0 unspecified atom stereocenters. The van der Waals surface area contributed by atoms with Crippen molar-refractivity contribution >= 4 is 23.4 Å². The van der Waals surface area contributed by atoms with Crippen LogP contribution in [0.1, 0.15) is 18.9 Å². The number of rotatable bonds is 6. The minimum absolute atomic E-state index is 0.0881. The number of thioether (sulfide) groups is 1. The van der Waals surface area contributed by atoms with Crippen LogP contribution in [-0.2, 0) is 4.79 Å². The summed E-state index contributed by atoms with van der Waals surface area (Å²) in [5, 5.41) is 11.6. The molecule has 110 valence electrons. The van der Waals surface area contributed by atoms with E-state index in [0.717, 1.165) is 5.16 Å². The molecule has 2 aromatic rings. The summed E-state index contributed by atoms with van der Waals surface area (Å²) in [6, 6.07) is 7.86. The van der Waals surface area contributed by atoms with Crippen LogP contribution in [0.5, 0.6) is 5.75 Å². The highest BCUT2D eigenvalue weighted by Crippen LogP contribution is 2.37. The summed E-state index contributed by atoms with van der Waals surface area (Å²) in [7, 11) is 1.58. The molecule has 0 radical (unpaired) electrons. The second-order valence-electron chi connectivity index (χ2n) is 4.79. The number of methoxy groups -OCH3 is 1. The lowest BCUT2D eigenvalue weighted by Crippen LogP contribution is -2.15. The molecule has 1 saturated carbocycles. The molecule has 0 atom stereocenters. The SMILES string of the molecule is COc1ccccc1NC(=O)CSc1nncn1C1CC1. The minimum Gasteiger partial charge on any atom is -0.495 e. The third-order valence-corrected chi connectivity index (χ3v) is 4.15. The Morgan fingerprint density at radius 2 is 2.29 bits per heavy atom. The fourth-order valence-corrected chi connectivity index (χ4v) is 2.79. The van der Waals surface area contributed by atoms with Crippen LogP contribution in [-0.4, -0.2) is 33.5 Å². The number of nitrogens with one attached hydrogen (secondary N) is 1. The maximum atomic E-state index is 12.0. The van der Waals surface area contributed by atoms with Crippen molar-refractivity contribution in [2.75, 3.05) is 18.2 Å². The standard InChI is InChI=1S/C14H16N4O2S/c1-20-12-5-3-2-4-11(12)16-13(19)8-21-14-17-15-9-18(14)10-6-7-10/h2-5,9-10H,6-8H2,1H3,(H,16,19). The average Bonchev–Trinajstić information content (AvgIpc) is 3.24. The lowest BCUT2D eigenvalue weighted by molar-refractivity contribution is -0.113. The number of nitrogens with zero attached hydrogens (tertiary/aromatic N) is 3. The largest absolute Gasteiger partial charge is 0.495 e. The van der Waals surface area contributed by atoms with Crippen molar-refractivity contribution in [3.63, 3.8) is 0 Å². The average molecular weight is 304 g/mol. The molecule has 0 spiro atoms. The first-order valence-corrected chi connectivity index (χ1v) is 7.71. The van der Waals surface area contributed by atoms with E-state index in [1.807, 2.05) is 28.8 Å². The van der Waals surface area contributed by atoms with Crippen LogP contribution < -0.4 is 10.1 Å². The maximum absolute atomic E-state index is 12.0. The third-order valence-electron chi connectivity index (χ3n) is 3.19. The van der Waals surface area contributed by atoms with Gasteiger partial charge in [-0.05, 0) is 25.0 Å². The van der Waals surface area contributed by atoms with Gasteiger partial charge in [-0.1, -0.05) is 23.9 Å². The van der Waals surface area contributed by atoms with Gasteiger partial charge in [0.05, 0.1) is 18.6 Å². The number of aromatic nitrogens is 3. The molecule has 1 aromatic heterocycles. The highest BCUT2D eigenvalue weighted by molar-refractivity contribution is 7.99. The van der Waals surface area contributed by atoms with Crippen molar-refractivity contribution in [1.82, 2.24) is 14.8 Å². The zero-order valence-corrected chi connectivity index (χ0v) is 12.5. The third kappa shape index (κ3) is 3.36. The number of ether oxygens (including phenoxy) is 1. The van der Waals surface area contributed by atoms with Gasteiger partial charge in [0.2, 0.25) is 5.91 Å². The Morgan fingerprint density at radius 1 is 1.48 bits per heavy atom. The second-order valence-corrected chi connectivity index (χ2v) is 5.73. The summed E-state index contributed by atoms with van der Waals surface area (Å²) in [4.78, 5) is 12.0. The van der Waals surface area contributed by atoms with Crippen LogP contribution in [0.2, 0.25) is 0 Å². The van der Waals surface area contributed by atoms with E-state index in [1.54, 1.807) is 13.4 Å². The van der Waals surface area contributed by atoms with Gasteiger partial charge in [0.15, 0.2) is 5.16 Å². The number of carbonyl (C=O) groups is 1.